The highest BCUT2D eigenvalue weighted by Crippen LogP contribution is 2.29. The van der Waals surface area contributed by atoms with Crippen LogP contribution in [0.25, 0.3) is 0 Å². The molecule has 0 aromatic carbocycles. The summed E-state index contributed by atoms with van der Waals surface area (Å²) in [6, 6.07) is 0. The molecule has 0 atom stereocenters. The molecule has 1 N–H and O–H groups in total. The van der Waals surface area contributed by atoms with Gasteiger partial charge in [-0.05, 0) is 19.4 Å². The van der Waals surface area contributed by atoms with E-state index < -0.39 is 0 Å². The molecule has 2 aliphatic rings. The predicted molar refractivity (Wildman–Crippen MR) is 117 cm³/mol. The van der Waals surface area contributed by atoms with Crippen LogP contribution in [0.5, 0.6) is 0 Å². The number of rotatable bonds is 8. The van der Waals surface area contributed by atoms with Gasteiger partial charge in [0.2, 0.25) is 0 Å². The molecule has 5 heteroatoms. The second-order valence-electron chi connectivity index (χ2n) is 8.93. The molecule has 0 saturated heterocycles. The second kappa shape index (κ2) is 12.7. The van der Waals surface area contributed by atoms with Crippen molar-refractivity contribution in [1.29, 1.82) is 0 Å². The van der Waals surface area contributed by atoms with Gasteiger partial charge < -0.3 is 9.71 Å². The third kappa shape index (κ3) is 8.46. The maximum atomic E-state index is 4.16. The molecule has 148 valence electrons. The number of imidazole rings is 1. The molecule has 0 amide bonds. The van der Waals surface area contributed by atoms with Gasteiger partial charge in [-0.1, -0.05) is 102 Å². The third-order valence-corrected chi connectivity index (χ3v) is 6.52. The molecular formula is C22H39B2N3. The van der Waals surface area contributed by atoms with Crippen LogP contribution in [0.4, 0.5) is 0 Å². The normalized spacial score (nSPS) is 21.2. The smallest absolute Gasteiger partial charge is 0.199 e. The molecule has 2 aliphatic carbocycles. The summed E-state index contributed by atoms with van der Waals surface area (Å²) in [5, 5.41) is 0. The quantitative estimate of drug-likeness (QED) is 0.576. The van der Waals surface area contributed by atoms with Crippen molar-refractivity contribution in [3.05, 3.63) is 18.2 Å². The first kappa shape index (κ1) is 21.0. The zero-order valence-corrected chi connectivity index (χ0v) is 17.4. The van der Waals surface area contributed by atoms with Crippen LogP contribution in [0, 0.1) is 0 Å². The Labute approximate surface area is 169 Å². The summed E-state index contributed by atoms with van der Waals surface area (Å²) < 4.78 is 2.62. The van der Waals surface area contributed by atoms with E-state index in [9.17, 15) is 0 Å². The number of aromatic amines is 1. The lowest BCUT2D eigenvalue weighted by Gasteiger charge is -2.31. The molecular weight excluding hydrogens is 328 g/mol. The number of aryl methyl sites for hydroxylation is 1. The largest absolute Gasteiger partial charge is 0.393 e. The fourth-order valence-electron chi connectivity index (χ4n) is 4.89. The molecule has 0 bridgehead atoms. The van der Waals surface area contributed by atoms with Gasteiger partial charge in [0.15, 0.2) is 14.8 Å². The zero-order chi connectivity index (χ0) is 18.6. The molecule has 1 aromatic heterocycles. The Morgan fingerprint density at radius 3 is 1.81 bits per heavy atom. The predicted octanol–water partition coefficient (Wildman–Crippen LogP) is 5.95. The molecule has 2 saturated carbocycles. The van der Waals surface area contributed by atoms with Crippen molar-refractivity contribution in [3.8, 4) is 0 Å². The molecule has 27 heavy (non-hydrogen) atoms. The van der Waals surface area contributed by atoms with Crippen molar-refractivity contribution in [3.63, 3.8) is 0 Å². The standard InChI is InChI=1S/C22H39B2N3/c1-3-7-12-20(13-8-4-1)23-27(17-11-16-22-18-25-19-26-22)24-21-14-9-5-2-6-10-15-21/h18-21H,1-17H2,(H,25,26). The van der Waals surface area contributed by atoms with Crippen molar-refractivity contribution in [1.82, 2.24) is 14.7 Å². The van der Waals surface area contributed by atoms with Gasteiger partial charge in [-0.3, -0.25) is 0 Å². The molecule has 3 nitrogen and oxygen atoms in total. The van der Waals surface area contributed by atoms with Crippen LogP contribution in [-0.2, 0) is 6.42 Å². The van der Waals surface area contributed by atoms with Crippen LogP contribution in [0.15, 0.2) is 12.5 Å². The average Bonchev–Trinajstić information content (AvgIpc) is 3.12. The van der Waals surface area contributed by atoms with E-state index in [2.05, 4.69) is 29.5 Å². The maximum Gasteiger partial charge on any atom is 0.199 e. The number of hydrogen-bond acceptors (Lipinski definition) is 2. The number of H-pyrrole nitrogens is 1. The highest BCUT2D eigenvalue weighted by molar-refractivity contribution is 6.52. The molecule has 0 spiro atoms. The second-order valence-corrected chi connectivity index (χ2v) is 8.93. The van der Waals surface area contributed by atoms with Crippen molar-refractivity contribution in [2.45, 2.75) is 114 Å². The van der Waals surface area contributed by atoms with E-state index >= 15 is 0 Å². The van der Waals surface area contributed by atoms with Crippen LogP contribution < -0.4 is 0 Å². The minimum atomic E-state index is 0.794. The van der Waals surface area contributed by atoms with E-state index in [1.807, 2.05) is 6.20 Å². The van der Waals surface area contributed by atoms with Gasteiger partial charge in [0.05, 0.1) is 6.33 Å². The molecule has 0 unspecified atom stereocenters. The lowest BCUT2D eigenvalue weighted by molar-refractivity contribution is 0.475. The monoisotopic (exact) mass is 367 g/mol. The SMILES string of the molecule is [B](C1CCCCCCC1)N([B]C1CCCCCCC1)CCCc1cnc[nH]1. The topological polar surface area (TPSA) is 31.9 Å². The lowest BCUT2D eigenvalue weighted by Crippen LogP contribution is -2.38. The van der Waals surface area contributed by atoms with Crippen LogP contribution in [-0.4, -0.2) is 36.1 Å². The molecule has 0 aliphatic heterocycles. The minimum absolute atomic E-state index is 0.794. The van der Waals surface area contributed by atoms with Crippen LogP contribution in [0.3, 0.4) is 0 Å². The fraction of sp³-hybridized carbons (Fsp3) is 0.864. The van der Waals surface area contributed by atoms with Crippen molar-refractivity contribution < 1.29 is 0 Å². The summed E-state index contributed by atoms with van der Waals surface area (Å²) in [6.07, 6.45) is 26.0. The Kier molecular flexibility index (Phi) is 9.89. The highest BCUT2D eigenvalue weighted by atomic mass is 15.0. The Balaban J connectivity index is 1.50. The first-order valence-corrected chi connectivity index (χ1v) is 11.8. The summed E-state index contributed by atoms with van der Waals surface area (Å²) in [4.78, 5) is 7.41. The average molecular weight is 367 g/mol. The Morgan fingerprint density at radius 2 is 1.33 bits per heavy atom. The molecule has 2 radical (unpaired) electrons. The van der Waals surface area contributed by atoms with Gasteiger partial charge in [-0.2, -0.15) is 0 Å². The first-order chi connectivity index (χ1) is 13.4. The maximum absolute atomic E-state index is 4.16. The lowest BCUT2D eigenvalue weighted by atomic mass is 9.58. The van der Waals surface area contributed by atoms with E-state index in [0.29, 0.717) is 0 Å². The summed E-state index contributed by atoms with van der Waals surface area (Å²) in [5.41, 5.74) is 1.27. The number of hydrogen-bond donors (Lipinski definition) is 1. The summed E-state index contributed by atoms with van der Waals surface area (Å²) in [5.74, 6) is 1.59. The Morgan fingerprint density at radius 1 is 0.815 bits per heavy atom. The van der Waals surface area contributed by atoms with Crippen LogP contribution >= 0.6 is 0 Å². The van der Waals surface area contributed by atoms with Crippen LogP contribution in [0.1, 0.15) is 102 Å². The van der Waals surface area contributed by atoms with E-state index in [1.165, 1.54) is 102 Å². The third-order valence-electron chi connectivity index (χ3n) is 6.52. The summed E-state index contributed by atoms with van der Waals surface area (Å²) in [7, 11) is 5.24. The minimum Gasteiger partial charge on any atom is -0.393 e. The van der Waals surface area contributed by atoms with Gasteiger partial charge in [-0.25, -0.2) is 4.98 Å². The number of nitrogens with zero attached hydrogens (tertiary/aromatic N) is 2. The molecule has 2 fully saturated rings. The van der Waals surface area contributed by atoms with Gasteiger partial charge in [0.25, 0.3) is 0 Å². The van der Waals surface area contributed by atoms with E-state index in [4.69, 9.17) is 0 Å². The van der Waals surface area contributed by atoms with Crippen molar-refractivity contribution in [2.75, 3.05) is 6.54 Å². The first-order valence-electron chi connectivity index (χ1n) is 11.8. The summed E-state index contributed by atoms with van der Waals surface area (Å²) in [6.45, 7) is 1.16. The van der Waals surface area contributed by atoms with E-state index in [1.54, 1.807) is 6.33 Å². The Hall–Kier alpha value is -0.700. The van der Waals surface area contributed by atoms with E-state index in [0.717, 1.165) is 24.6 Å². The molecule has 3 rings (SSSR count). The number of aromatic nitrogens is 2. The zero-order valence-electron chi connectivity index (χ0n) is 17.4. The van der Waals surface area contributed by atoms with Crippen molar-refractivity contribution >= 4 is 14.8 Å². The highest BCUT2D eigenvalue weighted by Gasteiger charge is 2.22. The van der Waals surface area contributed by atoms with Crippen LogP contribution in [0.2, 0.25) is 11.6 Å². The van der Waals surface area contributed by atoms with E-state index in [-0.39, 0.29) is 0 Å². The van der Waals surface area contributed by atoms with Gasteiger partial charge in [-0.15, -0.1) is 0 Å². The van der Waals surface area contributed by atoms with Gasteiger partial charge in [0.1, 0.15) is 0 Å². The summed E-state index contributed by atoms with van der Waals surface area (Å²) >= 11 is 0. The van der Waals surface area contributed by atoms with Gasteiger partial charge in [0, 0.05) is 11.9 Å². The van der Waals surface area contributed by atoms with Crippen molar-refractivity contribution in [2.24, 2.45) is 0 Å². The molecule has 1 aromatic rings. The Bertz CT molecular complexity index is 440. The molecule has 1 heterocycles. The fourth-order valence-corrected chi connectivity index (χ4v) is 4.89. The van der Waals surface area contributed by atoms with Gasteiger partial charge >= 0.3 is 0 Å². The number of nitrogens with one attached hydrogen (secondary N) is 1.